The van der Waals surface area contributed by atoms with Gasteiger partial charge in [-0.15, -0.1) is 0 Å². The standard InChI is InChI=1S/C11H16F3N3O2/c1-7-4-8(2-3-15-7)10-16-9(17-19-10)5-18-6-11(12,13)14/h7-8,15H,2-6H2,1H3. The zero-order valence-electron chi connectivity index (χ0n) is 10.5. The second kappa shape index (κ2) is 5.87. The van der Waals surface area contributed by atoms with Crippen molar-refractivity contribution in [1.29, 1.82) is 0 Å². The lowest BCUT2D eigenvalue weighted by molar-refractivity contribution is -0.177. The summed E-state index contributed by atoms with van der Waals surface area (Å²) in [6, 6.07) is 0.371. The Bertz CT molecular complexity index is 408. The smallest absolute Gasteiger partial charge is 0.364 e. The molecular weight excluding hydrogens is 263 g/mol. The summed E-state index contributed by atoms with van der Waals surface area (Å²) in [4.78, 5) is 4.09. The van der Waals surface area contributed by atoms with Crippen molar-refractivity contribution in [3.05, 3.63) is 11.7 Å². The minimum Gasteiger partial charge on any atom is -0.364 e. The van der Waals surface area contributed by atoms with Crippen molar-refractivity contribution < 1.29 is 22.4 Å². The molecule has 1 saturated heterocycles. The highest BCUT2D eigenvalue weighted by molar-refractivity contribution is 4.97. The molecule has 1 aromatic rings. The first kappa shape index (κ1) is 14.3. The lowest BCUT2D eigenvalue weighted by Gasteiger charge is -2.25. The van der Waals surface area contributed by atoms with Gasteiger partial charge >= 0.3 is 6.18 Å². The van der Waals surface area contributed by atoms with Gasteiger partial charge in [0.15, 0.2) is 5.82 Å². The van der Waals surface area contributed by atoms with Gasteiger partial charge in [0.2, 0.25) is 5.89 Å². The average molecular weight is 279 g/mol. The van der Waals surface area contributed by atoms with Gasteiger partial charge in [-0.3, -0.25) is 0 Å². The fraction of sp³-hybridized carbons (Fsp3) is 0.818. The Morgan fingerprint density at radius 1 is 1.47 bits per heavy atom. The summed E-state index contributed by atoms with van der Waals surface area (Å²) < 4.78 is 45.3. The summed E-state index contributed by atoms with van der Waals surface area (Å²) in [5, 5.41) is 6.94. The van der Waals surface area contributed by atoms with Crippen LogP contribution in [-0.4, -0.2) is 35.5 Å². The van der Waals surface area contributed by atoms with Gasteiger partial charge in [-0.05, 0) is 26.3 Å². The van der Waals surface area contributed by atoms with Crippen LogP contribution in [0, 0.1) is 0 Å². The molecule has 0 aliphatic carbocycles. The molecule has 108 valence electrons. The molecule has 2 rings (SSSR count). The summed E-state index contributed by atoms with van der Waals surface area (Å²) in [5.41, 5.74) is 0. The van der Waals surface area contributed by atoms with E-state index < -0.39 is 12.8 Å². The quantitative estimate of drug-likeness (QED) is 0.913. The lowest BCUT2D eigenvalue weighted by Crippen LogP contribution is -2.34. The first-order chi connectivity index (χ1) is 8.94. The maximum absolute atomic E-state index is 11.9. The Labute approximate surface area is 108 Å². The Kier molecular flexibility index (Phi) is 4.41. The first-order valence-electron chi connectivity index (χ1n) is 6.14. The van der Waals surface area contributed by atoms with Crippen LogP contribution >= 0.6 is 0 Å². The third kappa shape index (κ3) is 4.46. The van der Waals surface area contributed by atoms with Gasteiger partial charge in [-0.2, -0.15) is 18.2 Å². The number of halogens is 3. The molecule has 0 saturated carbocycles. The summed E-state index contributed by atoms with van der Waals surface area (Å²) >= 11 is 0. The van der Waals surface area contributed by atoms with Crippen LogP contribution in [0.2, 0.25) is 0 Å². The van der Waals surface area contributed by atoms with Crippen molar-refractivity contribution in [3.8, 4) is 0 Å². The second-order valence-corrected chi connectivity index (χ2v) is 4.73. The van der Waals surface area contributed by atoms with Crippen LogP contribution in [0.3, 0.4) is 0 Å². The van der Waals surface area contributed by atoms with Crippen LogP contribution in [0.5, 0.6) is 0 Å². The van der Waals surface area contributed by atoms with Crippen molar-refractivity contribution in [2.45, 2.75) is 44.5 Å². The molecule has 0 amide bonds. The zero-order valence-corrected chi connectivity index (χ0v) is 10.5. The van der Waals surface area contributed by atoms with Crippen molar-refractivity contribution in [1.82, 2.24) is 15.5 Å². The van der Waals surface area contributed by atoms with Crippen LogP contribution in [0.4, 0.5) is 13.2 Å². The number of nitrogens with zero attached hydrogens (tertiary/aromatic N) is 2. The summed E-state index contributed by atoms with van der Waals surface area (Å²) in [5.74, 6) is 0.810. The summed E-state index contributed by atoms with van der Waals surface area (Å²) in [6.07, 6.45) is -2.57. The molecule has 5 nitrogen and oxygen atoms in total. The highest BCUT2D eigenvalue weighted by atomic mass is 19.4. The van der Waals surface area contributed by atoms with E-state index in [1.165, 1.54) is 0 Å². The van der Waals surface area contributed by atoms with Gasteiger partial charge in [0.1, 0.15) is 13.2 Å². The molecule has 0 bridgehead atoms. The molecule has 0 spiro atoms. The van der Waals surface area contributed by atoms with Gasteiger partial charge in [-0.1, -0.05) is 5.16 Å². The highest BCUT2D eigenvalue weighted by Gasteiger charge is 2.28. The topological polar surface area (TPSA) is 60.2 Å². The molecule has 2 unspecified atom stereocenters. The SMILES string of the molecule is CC1CC(c2nc(COCC(F)(F)F)no2)CCN1. The second-order valence-electron chi connectivity index (χ2n) is 4.73. The highest BCUT2D eigenvalue weighted by Crippen LogP contribution is 2.26. The van der Waals surface area contributed by atoms with Crippen LogP contribution in [-0.2, 0) is 11.3 Å². The predicted molar refractivity (Wildman–Crippen MR) is 59.4 cm³/mol. The van der Waals surface area contributed by atoms with Gasteiger partial charge < -0.3 is 14.6 Å². The normalized spacial score (nSPS) is 24.6. The van der Waals surface area contributed by atoms with Crippen LogP contribution in [0.1, 0.15) is 37.4 Å². The average Bonchev–Trinajstić information content (AvgIpc) is 2.76. The van der Waals surface area contributed by atoms with E-state index in [4.69, 9.17) is 4.52 Å². The minimum absolute atomic E-state index is 0.158. The maximum atomic E-state index is 11.9. The number of rotatable bonds is 4. The molecule has 2 atom stereocenters. The number of alkyl halides is 3. The first-order valence-corrected chi connectivity index (χ1v) is 6.14. The van der Waals surface area contributed by atoms with E-state index in [2.05, 4.69) is 27.1 Å². The number of aromatic nitrogens is 2. The Hall–Kier alpha value is -1.15. The van der Waals surface area contributed by atoms with Gasteiger partial charge in [0, 0.05) is 12.0 Å². The molecule has 1 aliphatic heterocycles. The van der Waals surface area contributed by atoms with Gasteiger partial charge in [-0.25, -0.2) is 0 Å². The van der Waals surface area contributed by atoms with E-state index in [1.807, 2.05) is 0 Å². The summed E-state index contributed by atoms with van der Waals surface area (Å²) in [7, 11) is 0. The molecule has 8 heteroatoms. The Balaban J connectivity index is 1.85. The third-order valence-electron chi connectivity index (χ3n) is 2.95. The zero-order chi connectivity index (χ0) is 13.9. The summed E-state index contributed by atoms with van der Waals surface area (Å²) in [6.45, 7) is 1.34. The lowest BCUT2D eigenvalue weighted by atomic mass is 9.93. The number of hydrogen-bond donors (Lipinski definition) is 1. The van der Waals surface area contributed by atoms with E-state index in [0.717, 1.165) is 19.4 Å². The van der Waals surface area contributed by atoms with E-state index in [0.29, 0.717) is 11.9 Å². The number of ether oxygens (including phenoxy) is 1. The molecule has 1 aliphatic rings. The van der Waals surface area contributed by atoms with Crippen LogP contribution < -0.4 is 5.32 Å². The van der Waals surface area contributed by atoms with Crippen molar-refractivity contribution in [2.24, 2.45) is 0 Å². The van der Waals surface area contributed by atoms with E-state index in [9.17, 15) is 13.2 Å². The van der Waals surface area contributed by atoms with E-state index >= 15 is 0 Å². The molecule has 1 aromatic heterocycles. The van der Waals surface area contributed by atoms with Crippen LogP contribution in [0.15, 0.2) is 4.52 Å². The minimum atomic E-state index is -4.34. The maximum Gasteiger partial charge on any atom is 0.411 e. The Morgan fingerprint density at radius 3 is 2.95 bits per heavy atom. The number of hydrogen-bond acceptors (Lipinski definition) is 5. The van der Waals surface area contributed by atoms with Crippen molar-refractivity contribution in [3.63, 3.8) is 0 Å². The van der Waals surface area contributed by atoms with Crippen LogP contribution in [0.25, 0.3) is 0 Å². The molecule has 19 heavy (non-hydrogen) atoms. The Morgan fingerprint density at radius 2 is 2.26 bits per heavy atom. The van der Waals surface area contributed by atoms with Gasteiger partial charge in [0.25, 0.3) is 0 Å². The van der Waals surface area contributed by atoms with Crippen molar-refractivity contribution in [2.75, 3.05) is 13.2 Å². The monoisotopic (exact) mass is 279 g/mol. The fourth-order valence-corrected chi connectivity index (χ4v) is 2.11. The molecule has 0 radical (unpaired) electrons. The molecule has 1 fully saturated rings. The molecule has 1 N–H and O–H groups in total. The van der Waals surface area contributed by atoms with Gasteiger partial charge in [0.05, 0.1) is 0 Å². The van der Waals surface area contributed by atoms with E-state index in [1.54, 1.807) is 0 Å². The molecule has 0 aromatic carbocycles. The fourth-order valence-electron chi connectivity index (χ4n) is 2.11. The number of piperidine rings is 1. The predicted octanol–water partition coefficient (Wildman–Crippen LogP) is 2.00. The number of nitrogens with one attached hydrogen (secondary N) is 1. The third-order valence-corrected chi connectivity index (χ3v) is 2.95. The van der Waals surface area contributed by atoms with Crippen molar-refractivity contribution >= 4 is 0 Å². The van der Waals surface area contributed by atoms with E-state index in [-0.39, 0.29) is 18.3 Å². The largest absolute Gasteiger partial charge is 0.411 e. The molecular formula is C11H16F3N3O2. The molecule has 2 heterocycles.